The Labute approximate surface area is 131 Å². The minimum absolute atomic E-state index is 0.0653. The summed E-state index contributed by atoms with van der Waals surface area (Å²) < 4.78 is 0. The van der Waals surface area contributed by atoms with Crippen molar-refractivity contribution in [1.82, 2.24) is 5.32 Å². The number of hydrogen-bond acceptors (Lipinski definition) is 4. The van der Waals surface area contributed by atoms with E-state index < -0.39 is 0 Å². The number of anilines is 1. The first-order valence-corrected chi connectivity index (χ1v) is 8.73. The quantitative estimate of drug-likeness (QED) is 0.819. The molecule has 0 aliphatic carbocycles. The first-order valence-electron chi connectivity index (χ1n) is 7.51. The second-order valence-corrected chi connectivity index (χ2v) is 6.38. The van der Waals surface area contributed by atoms with Crippen molar-refractivity contribution in [3.63, 3.8) is 0 Å². The van der Waals surface area contributed by atoms with Gasteiger partial charge >= 0.3 is 0 Å². The number of benzene rings is 1. The highest BCUT2D eigenvalue weighted by Gasteiger charge is 2.21. The number of carbonyl (C=O) groups excluding carboxylic acids is 1. The van der Waals surface area contributed by atoms with Crippen LogP contribution in [-0.4, -0.2) is 31.8 Å². The Hall–Kier alpha value is -1.20. The highest BCUT2D eigenvalue weighted by molar-refractivity contribution is 7.98. The summed E-state index contributed by atoms with van der Waals surface area (Å²) in [5.74, 6) is 0.658. The highest BCUT2D eigenvalue weighted by atomic mass is 32.2. The molecule has 0 saturated carbocycles. The van der Waals surface area contributed by atoms with Crippen molar-refractivity contribution in [2.24, 2.45) is 11.7 Å². The molecule has 1 amide bonds. The molecule has 1 aliphatic rings. The Morgan fingerprint density at radius 2 is 2.14 bits per heavy atom. The first-order chi connectivity index (χ1) is 10.2. The molecule has 1 heterocycles. The van der Waals surface area contributed by atoms with Crippen LogP contribution in [0, 0.1) is 5.92 Å². The van der Waals surface area contributed by atoms with Gasteiger partial charge < -0.3 is 16.0 Å². The molecular weight excluding hydrogens is 282 g/mol. The number of amides is 1. The fourth-order valence-electron chi connectivity index (χ4n) is 2.91. The molecule has 1 aliphatic heterocycles. The van der Waals surface area contributed by atoms with Crippen molar-refractivity contribution in [2.75, 3.05) is 30.8 Å². The van der Waals surface area contributed by atoms with Gasteiger partial charge in [0.1, 0.15) is 0 Å². The molecule has 21 heavy (non-hydrogen) atoms. The van der Waals surface area contributed by atoms with Gasteiger partial charge in [0.15, 0.2) is 0 Å². The van der Waals surface area contributed by atoms with E-state index in [4.69, 9.17) is 5.73 Å². The molecule has 4 nitrogen and oxygen atoms in total. The van der Waals surface area contributed by atoms with E-state index in [0.717, 1.165) is 32.5 Å². The lowest BCUT2D eigenvalue weighted by atomic mass is 9.95. The number of nitrogens with one attached hydrogen (secondary N) is 1. The van der Waals surface area contributed by atoms with E-state index in [-0.39, 0.29) is 5.91 Å². The Kier molecular flexibility index (Phi) is 5.94. The second-order valence-electron chi connectivity index (χ2n) is 5.53. The molecule has 0 unspecified atom stereocenters. The molecule has 1 aromatic carbocycles. The zero-order chi connectivity index (χ0) is 15.2. The van der Waals surface area contributed by atoms with Crippen LogP contribution in [0.25, 0.3) is 0 Å². The minimum Gasteiger partial charge on any atom is -0.371 e. The number of hydrogen-bond donors (Lipinski definition) is 2. The minimum atomic E-state index is 0.0653. The number of thioether (sulfide) groups is 1. The summed E-state index contributed by atoms with van der Waals surface area (Å²) in [5, 5.41) is 2.93. The van der Waals surface area contributed by atoms with Gasteiger partial charge in [-0.15, -0.1) is 11.8 Å². The summed E-state index contributed by atoms with van der Waals surface area (Å²) >= 11 is 1.76. The van der Waals surface area contributed by atoms with Gasteiger partial charge in [0.2, 0.25) is 5.91 Å². The third kappa shape index (κ3) is 4.14. The van der Waals surface area contributed by atoms with Gasteiger partial charge in [-0.3, -0.25) is 4.79 Å². The Morgan fingerprint density at radius 1 is 1.43 bits per heavy atom. The maximum atomic E-state index is 11.0. The number of rotatable bonds is 5. The zero-order valence-electron chi connectivity index (χ0n) is 12.9. The topological polar surface area (TPSA) is 58.4 Å². The average Bonchev–Trinajstić information content (AvgIpc) is 2.52. The van der Waals surface area contributed by atoms with Crippen LogP contribution in [0.4, 0.5) is 5.69 Å². The lowest BCUT2D eigenvalue weighted by Gasteiger charge is -2.35. The molecule has 0 spiro atoms. The smallest absolute Gasteiger partial charge is 0.216 e. The zero-order valence-corrected chi connectivity index (χ0v) is 13.7. The molecule has 1 fully saturated rings. The van der Waals surface area contributed by atoms with Gasteiger partial charge in [-0.25, -0.2) is 0 Å². The normalized spacial score (nSPS) is 16.0. The molecule has 0 bridgehead atoms. The summed E-state index contributed by atoms with van der Waals surface area (Å²) in [6.07, 6.45) is 4.33. The number of nitrogens with two attached hydrogens (primary N) is 1. The van der Waals surface area contributed by atoms with Crippen LogP contribution < -0.4 is 16.0 Å². The fraction of sp³-hybridized carbons (Fsp3) is 0.562. The lowest BCUT2D eigenvalue weighted by molar-refractivity contribution is -0.119. The number of carbonyl (C=O) groups is 1. The van der Waals surface area contributed by atoms with E-state index in [1.807, 2.05) is 0 Å². The maximum absolute atomic E-state index is 11.0. The average molecular weight is 307 g/mol. The Bertz CT molecular complexity index is 484. The second kappa shape index (κ2) is 7.71. The van der Waals surface area contributed by atoms with E-state index in [1.165, 1.54) is 16.1 Å². The first kappa shape index (κ1) is 16.2. The summed E-state index contributed by atoms with van der Waals surface area (Å²) in [4.78, 5) is 14.7. The van der Waals surface area contributed by atoms with Gasteiger partial charge in [0.25, 0.3) is 0 Å². The fourth-order valence-corrected chi connectivity index (χ4v) is 3.56. The Balaban J connectivity index is 2.00. The van der Waals surface area contributed by atoms with E-state index in [9.17, 15) is 4.79 Å². The van der Waals surface area contributed by atoms with Gasteiger partial charge in [-0.05, 0) is 37.1 Å². The summed E-state index contributed by atoms with van der Waals surface area (Å²) in [5.41, 5.74) is 8.49. The van der Waals surface area contributed by atoms with Crippen LogP contribution in [0.15, 0.2) is 23.1 Å². The predicted molar refractivity (Wildman–Crippen MR) is 89.7 cm³/mol. The maximum Gasteiger partial charge on any atom is 0.216 e. The predicted octanol–water partition coefficient (Wildman–Crippen LogP) is 2.22. The van der Waals surface area contributed by atoms with Crippen LogP contribution in [0.5, 0.6) is 0 Å². The molecule has 0 atom stereocenters. The summed E-state index contributed by atoms with van der Waals surface area (Å²) in [7, 11) is 0. The molecule has 1 aromatic rings. The van der Waals surface area contributed by atoms with E-state index in [0.29, 0.717) is 12.5 Å². The van der Waals surface area contributed by atoms with Crippen LogP contribution in [0.3, 0.4) is 0 Å². The molecular formula is C16H25N3OS. The molecule has 0 aromatic heterocycles. The van der Waals surface area contributed by atoms with Crippen LogP contribution >= 0.6 is 11.8 Å². The van der Waals surface area contributed by atoms with E-state index in [2.05, 4.69) is 34.7 Å². The number of piperidine rings is 1. The van der Waals surface area contributed by atoms with Crippen molar-refractivity contribution in [3.05, 3.63) is 23.8 Å². The molecule has 3 N–H and O–H groups in total. The standard InChI is InChI=1S/C16H25N3OS/c1-12(20)18-11-13-6-8-19(9-7-13)15-4-3-5-16(21-2)14(15)10-17/h3-5,13H,6-11,17H2,1-2H3,(H,18,20). The third-order valence-corrected chi connectivity index (χ3v) is 4.95. The molecule has 2 rings (SSSR count). The van der Waals surface area contributed by atoms with Crippen molar-refractivity contribution in [1.29, 1.82) is 0 Å². The van der Waals surface area contributed by atoms with Crippen molar-refractivity contribution in [3.8, 4) is 0 Å². The van der Waals surface area contributed by atoms with E-state index >= 15 is 0 Å². The van der Waals surface area contributed by atoms with Crippen LogP contribution in [-0.2, 0) is 11.3 Å². The molecule has 5 heteroatoms. The third-order valence-electron chi connectivity index (χ3n) is 4.13. The van der Waals surface area contributed by atoms with Crippen molar-refractivity contribution >= 4 is 23.4 Å². The SMILES string of the molecule is CSc1cccc(N2CCC(CNC(C)=O)CC2)c1CN. The molecule has 1 saturated heterocycles. The van der Waals surface area contributed by atoms with Gasteiger partial charge in [0.05, 0.1) is 0 Å². The Morgan fingerprint density at radius 3 is 2.71 bits per heavy atom. The largest absolute Gasteiger partial charge is 0.371 e. The van der Waals surface area contributed by atoms with Gasteiger partial charge in [-0.1, -0.05) is 6.07 Å². The molecule has 0 radical (unpaired) electrons. The monoisotopic (exact) mass is 307 g/mol. The number of nitrogens with zero attached hydrogens (tertiary/aromatic N) is 1. The van der Waals surface area contributed by atoms with Crippen LogP contribution in [0.2, 0.25) is 0 Å². The summed E-state index contributed by atoms with van der Waals surface area (Å²) in [6.45, 7) is 5.04. The highest BCUT2D eigenvalue weighted by Crippen LogP contribution is 2.31. The van der Waals surface area contributed by atoms with Crippen LogP contribution in [0.1, 0.15) is 25.3 Å². The van der Waals surface area contributed by atoms with E-state index in [1.54, 1.807) is 18.7 Å². The van der Waals surface area contributed by atoms with Gasteiger partial charge in [-0.2, -0.15) is 0 Å². The molecule has 116 valence electrons. The van der Waals surface area contributed by atoms with Crippen molar-refractivity contribution < 1.29 is 4.79 Å². The summed E-state index contributed by atoms with van der Waals surface area (Å²) in [6, 6.07) is 6.43. The van der Waals surface area contributed by atoms with Gasteiger partial charge in [0, 0.05) is 49.2 Å². The van der Waals surface area contributed by atoms with Crippen molar-refractivity contribution in [2.45, 2.75) is 31.2 Å². The lowest BCUT2D eigenvalue weighted by Crippen LogP contribution is -2.38.